The van der Waals surface area contributed by atoms with E-state index in [-0.39, 0.29) is 5.56 Å². The van der Waals surface area contributed by atoms with Crippen LogP contribution in [-0.2, 0) is 6.54 Å². The second-order valence-electron chi connectivity index (χ2n) is 3.90. The molecule has 0 aliphatic heterocycles. The Morgan fingerprint density at radius 3 is 2.72 bits per heavy atom. The minimum atomic E-state index is -0.507. The first-order valence-corrected chi connectivity index (χ1v) is 6.35. The van der Waals surface area contributed by atoms with E-state index in [4.69, 9.17) is 0 Å². The molecule has 0 fully saturated rings. The van der Waals surface area contributed by atoms with E-state index in [1.165, 1.54) is 23.5 Å². The number of nitrogens with one attached hydrogen (secondary N) is 1. The van der Waals surface area contributed by atoms with Crippen LogP contribution >= 0.6 is 11.3 Å². The third kappa shape index (κ3) is 2.73. The van der Waals surface area contributed by atoms with E-state index in [1.54, 1.807) is 12.1 Å². The molecule has 0 radical (unpaired) electrons. The molecule has 1 heterocycles. The Labute approximate surface area is 109 Å². The number of thiazole rings is 1. The summed E-state index contributed by atoms with van der Waals surface area (Å²) in [7, 11) is 0. The number of aryl methyl sites for hydroxylation is 2. The minimum absolute atomic E-state index is 0.0661. The van der Waals surface area contributed by atoms with Crippen LogP contribution in [0.15, 0.2) is 24.3 Å². The van der Waals surface area contributed by atoms with Gasteiger partial charge in [0, 0.05) is 4.88 Å². The Morgan fingerprint density at radius 1 is 1.39 bits per heavy atom. The van der Waals surface area contributed by atoms with Crippen LogP contribution in [0.25, 0.3) is 0 Å². The van der Waals surface area contributed by atoms with Gasteiger partial charge in [0.25, 0.3) is 5.91 Å². The van der Waals surface area contributed by atoms with Gasteiger partial charge in [-0.3, -0.25) is 4.79 Å². The molecule has 94 valence electrons. The van der Waals surface area contributed by atoms with Crippen molar-refractivity contribution < 1.29 is 9.18 Å². The van der Waals surface area contributed by atoms with Crippen LogP contribution < -0.4 is 5.32 Å². The van der Waals surface area contributed by atoms with Crippen molar-refractivity contribution in [2.45, 2.75) is 20.4 Å². The summed E-state index contributed by atoms with van der Waals surface area (Å²) in [5, 5.41) is 3.66. The Kier molecular flexibility index (Phi) is 3.72. The third-order valence-corrected chi connectivity index (χ3v) is 3.60. The number of nitrogens with zero attached hydrogens (tertiary/aromatic N) is 1. The quantitative estimate of drug-likeness (QED) is 0.926. The molecule has 2 rings (SSSR count). The highest BCUT2D eigenvalue weighted by Gasteiger charge is 2.11. The monoisotopic (exact) mass is 264 g/mol. The smallest absolute Gasteiger partial charge is 0.254 e. The van der Waals surface area contributed by atoms with Crippen molar-refractivity contribution in [3.63, 3.8) is 0 Å². The molecule has 0 aliphatic rings. The molecule has 3 nitrogen and oxygen atoms in total. The van der Waals surface area contributed by atoms with Crippen molar-refractivity contribution in [3.05, 3.63) is 51.2 Å². The lowest BCUT2D eigenvalue weighted by Gasteiger charge is -2.04. The Balaban J connectivity index is 2.05. The van der Waals surface area contributed by atoms with Crippen LogP contribution in [0.3, 0.4) is 0 Å². The standard InChI is InChI=1S/C13H13FN2OS/c1-8-12(18-9(2)16-8)7-15-13(17)10-5-3-4-6-11(10)14/h3-6H,7H2,1-2H3,(H,15,17). The van der Waals surface area contributed by atoms with E-state index in [1.807, 2.05) is 13.8 Å². The summed E-state index contributed by atoms with van der Waals surface area (Å²) < 4.78 is 13.4. The number of carbonyl (C=O) groups excluding carboxylic acids is 1. The SMILES string of the molecule is Cc1nc(C)c(CNC(=O)c2ccccc2F)s1. The molecule has 1 N–H and O–H groups in total. The number of rotatable bonds is 3. The molecule has 1 aromatic carbocycles. The summed E-state index contributed by atoms with van der Waals surface area (Å²) in [6, 6.07) is 5.94. The van der Waals surface area contributed by atoms with Gasteiger partial charge in [-0.25, -0.2) is 9.37 Å². The maximum atomic E-state index is 13.4. The molecule has 2 aromatic rings. The summed E-state index contributed by atoms with van der Waals surface area (Å²) in [5.41, 5.74) is 0.975. The van der Waals surface area contributed by atoms with Gasteiger partial charge < -0.3 is 5.32 Å². The molecule has 1 amide bonds. The zero-order chi connectivity index (χ0) is 13.1. The van der Waals surface area contributed by atoms with E-state index >= 15 is 0 Å². The number of aromatic nitrogens is 1. The first-order valence-electron chi connectivity index (χ1n) is 5.53. The van der Waals surface area contributed by atoms with Crippen LogP contribution in [0.5, 0.6) is 0 Å². The Hall–Kier alpha value is -1.75. The molecule has 0 aliphatic carbocycles. The number of halogens is 1. The molecule has 0 saturated carbocycles. The second-order valence-corrected chi connectivity index (χ2v) is 5.19. The number of hydrogen-bond acceptors (Lipinski definition) is 3. The zero-order valence-corrected chi connectivity index (χ0v) is 11.0. The summed E-state index contributed by atoms with van der Waals surface area (Å²) in [4.78, 5) is 17.1. The summed E-state index contributed by atoms with van der Waals surface area (Å²) in [5.74, 6) is -0.911. The van der Waals surface area contributed by atoms with Gasteiger partial charge in [-0.1, -0.05) is 12.1 Å². The highest BCUT2D eigenvalue weighted by Crippen LogP contribution is 2.17. The normalized spacial score (nSPS) is 10.4. The number of hydrogen-bond donors (Lipinski definition) is 1. The van der Waals surface area contributed by atoms with Crippen molar-refractivity contribution in [3.8, 4) is 0 Å². The van der Waals surface area contributed by atoms with Gasteiger partial charge in [0.15, 0.2) is 0 Å². The lowest BCUT2D eigenvalue weighted by molar-refractivity contribution is 0.0947. The predicted molar refractivity (Wildman–Crippen MR) is 69.2 cm³/mol. The van der Waals surface area contributed by atoms with Crippen molar-refractivity contribution >= 4 is 17.2 Å². The maximum Gasteiger partial charge on any atom is 0.254 e. The number of carbonyl (C=O) groups is 1. The largest absolute Gasteiger partial charge is 0.347 e. The molecule has 5 heteroatoms. The Morgan fingerprint density at radius 2 is 2.11 bits per heavy atom. The van der Waals surface area contributed by atoms with E-state index in [0.717, 1.165) is 15.6 Å². The summed E-state index contributed by atoms with van der Waals surface area (Å²) >= 11 is 1.54. The van der Waals surface area contributed by atoms with Crippen LogP contribution in [0.4, 0.5) is 4.39 Å². The van der Waals surface area contributed by atoms with E-state index in [9.17, 15) is 9.18 Å². The maximum absolute atomic E-state index is 13.4. The molecule has 0 spiro atoms. The van der Waals surface area contributed by atoms with Gasteiger partial charge in [-0.2, -0.15) is 0 Å². The summed E-state index contributed by atoms with van der Waals surface area (Å²) in [6.07, 6.45) is 0. The van der Waals surface area contributed by atoms with Crippen molar-refractivity contribution in [1.82, 2.24) is 10.3 Å². The fourth-order valence-electron chi connectivity index (χ4n) is 1.64. The molecule has 0 bridgehead atoms. The van der Waals surface area contributed by atoms with Crippen molar-refractivity contribution in [2.24, 2.45) is 0 Å². The van der Waals surface area contributed by atoms with Gasteiger partial charge in [0.2, 0.25) is 0 Å². The Bertz CT molecular complexity index is 580. The van der Waals surface area contributed by atoms with Crippen LogP contribution in [0.1, 0.15) is 25.9 Å². The van der Waals surface area contributed by atoms with E-state index in [2.05, 4.69) is 10.3 Å². The number of amides is 1. The molecular formula is C13H13FN2OS. The van der Waals surface area contributed by atoms with Gasteiger partial charge in [0.1, 0.15) is 5.82 Å². The average molecular weight is 264 g/mol. The fraction of sp³-hybridized carbons (Fsp3) is 0.231. The number of benzene rings is 1. The van der Waals surface area contributed by atoms with Crippen LogP contribution in [0.2, 0.25) is 0 Å². The van der Waals surface area contributed by atoms with Crippen molar-refractivity contribution in [1.29, 1.82) is 0 Å². The lowest BCUT2D eigenvalue weighted by Crippen LogP contribution is -2.23. The third-order valence-electron chi connectivity index (χ3n) is 2.53. The van der Waals surface area contributed by atoms with Crippen molar-refractivity contribution in [2.75, 3.05) is 0 Å². The average Bonchev–Trinajstić information content (AvgIpc) is 2.65. The van der Waals surface area contributed by atoms with Gasteiger partial charge in [-0.05, 0) is 26.0 Å². The highest BCUT2D eigenvalue weighted by atomic mass is 32.1. The summed E-state index contributed by atoms with van der Waals surface area (Å²) in [6.45, 7) is 4.19. The topological polar surface area (TPSA) is 42.0 Å². The van der Waals surface area contributed by atoms with Gasteiger partial charge in [0.05, 0.1) is 22.8 Å². The molecule has 1 aromatic heterocycles. The molecule has 0 saturated heterocycles. The van der Waals surface area contributed by atoms with E-state index in [0.29, 0.717) is 6.54 Å². The first kappa shape index (κ1) is 12.7. The molecule has 18 heavy (non-hydrogen) atoms. The van der Waals surface area contributed by atoms with Gasteiger partial charge >= 0.3 is 0 Å². The zero-order valence-electron chi connectivity index (χ0n) is 10.2. The van der Waals surface area contributed by atoms with Gasteiger partial charge in [-0.15, -0.1) is 11.3 Å². The van der Waals surface area contributed by atoms with Crippen LogP contribution in [-0.4, -0.2) is 10.9 Å². The minimum Gasteiger partial charge on any atom is -0.347 e. The molecule has 0 unspecified atom stereocenters. The second kappa shape index (κ2) is 5.27. The lowest BCUT2D eigenvalue weighted by atomic mass is 10.2. The van der Waals surface area contributed by atoms with Crippen LogP contribution in [0, 0.1) is 19.7 Å². The molecule has 0 atom stereocenters. The predicted octanol–water partition coefficient (Wildman–Crippen LogP) is 2.83. The van der Waals surface area contributed by atoms with E-state index < -0.39 is 11.7 Å². The fourth-order valence-corrected chi connectivity index (χ4v) is 2.52. The highest BCUT2D eigenvalue weighted by molar-refractivity contribution is 7.11. The first-order chi connectivity index (χ1) is 8.58. The molecular weight excluding hydrogens is 251 g/mol.